The van der Waals surface area contributed by atoms with Crippen LogP contribution < -0.4 is 9.46 Å². The topological polar surface area (TPSA) is 86.1 Å². The van der Waals surface area contributed by atoms with Crippen molar-refractivity contribution in [1.29, 1.82) is 0 Å². The lowest BCUT2D eigenvalue weighted by atomic mass is 10.3. The minimum Gasteiger partial charge on any atom is -0.497 e. The smallest absolute Gasteiger partial charge is 0.241 e. The minimum absolute atomic E-state index is 0.0870. The summed E-state index contributed by atoms with van der Waals surface area (Å²) in [5, 5.41) is 0. The number of aryl methyl sites for hydroxylation is 1. The standard InChI is InChI=1S/C16H18N4O3S/c1-3-20-15(19-14-8-5-9-17-16(14)20)11-18-24(21,22)13-7-4-6-12(10-13)23-2/h4-10,18H,3,11H2,1-2H3. The van der Waals surface area contributed by atoms with Gasteiger partial charge in [-0.05, 0) is 31.2 Å². The van der Waals surface area contributed by atoms with Crippen molar-refractivity contribution in [2.45, 2.75) is 24.9 Å². The molecule has 0 aliphatic heterocycles. The Bertz CT molecular complexity index is 966. The van der Waals surface area contributed by atoms with Crippen LogP contribution in [0.2, 0.25) is 0 Å². The monoisotopic (exact) mass is 346 g/mol. The molecule has 3 aromatic rings. The third kappa shape index (κ3) is 3.10. The lowest BCUT2D eigenvalue weighted by Gasteiger charge is -2.09. The summed E-state index contributed by atoms with van der Waals surface area (Å²) in [6, 6.07) is 10.00. The molecule has 7 nitrogen and oxygen atoms in total. The maximum absolute atomic E-state index is 12.5. The Morgan fingerprint density at radius 2 is 2.08 bits per heavy atom. The van der Waals surface area contributed by atoms with Crippen LogP contribution in [0.5, 0.6) is 5.75 Å². The summed E-state index contributed by atoms with van der Waals surface area (Å²) >= 11 is 0. The number of aromatic nitrogens is 3. The second kappa shape index (κ2) is 6.58. The van der Waals surface area contributed by atoms with Gasteiger partial charge >= 0.3 is 0 Å². The van der Waals surface area contributed by atoms with Gasteiger partial charge in [0.15, 0.2) is 5.65 Å². The molecule has 126 valence electrons. The van der Waals surface area contributed by atoms with Gasteiger partial charge in [0.2, 0.25) is 10.0 Å². The van der Waals surface area contributed by atoms with Crippen LogP contribution in [-0.2, 0) is 23.1 Å². The SMILES string of the molecule is CCn1c(CNS(=O)(=O)c2cccc(OC)c2)nc2cccnc21. The van der Waals surface area contributed by atoms with Gasteiger partial charge in [-0.1, -0.05) is 6.07 Å². The summed E-state index contributed by atoms with van der Waals surface area (Å²) in [4.78, 5) is 8.92. The largest absolute Gasteiger partial charge is 0.497 e. The molecule has 0 saturated carbocycles. The summed E-state index contributed by atoms with van der Waals surface area (Å²) in [6.45, 7) is 2.71. The van der Waals surface area contributed by atoms with E-state index >= 15 is 0 Å². The van der Waals surface area contributed by atoms with Crippen molar-refractivity contribution >= 4 is 21.2 Å². The molecule has 0 aliphatic rings. The molecular weight excluding hydrogens is 328 g/mol. The van der Waals surface area contributed by atoms with E-state index in [1.165, 1.54) is 19.2 Å². The summed E-state index contributed by atoms with van der Waals surface area (Å²) < 4.78 is 34.5. The molecule has 0 fully saturated rings. The molecule has 1 aromatic carbocycles. The number of nitrogens with zero attached hydrogens (tertiary/aromatic N) is 3. The van der Waals surface area contributed by atoms with E-state index < -0.39 is 10.0 Å². The fourth-order valence-corrected chi connectivity index (χ4v) is 3.50. The van der Waals surface area contributed by atoms with Gasteiger partial charge in [0.05, 0.1) is 18.6 Å². The Hall–Kier alpha value is -2.45. The van der Waals surface area contributed by atoms with Gasteiger partial charge in [-0.3, -0.25) is 0 Å². The molecule has 0 atom stereocenters. The Kier molecular flexibility index (Phi) is 4.50. The highest BCUT2D eigenvalue weighted by Gasteiger charge is 2.17. The van der Waals surface area contributed by atoms with Crippen molar-refractivity contribution in [3.05, 3.63) is 48.4 Å². The van der Waals surface area contributed by atoms with Gasteiger partial charge in [-0.15, -0.1) is 0 Å². The third-order valence-electron chi connectivity index (χ3n) is 3.67. The number of imidazole rings is 1. The average molecular weight is 346 g/mol. The molecule has 1 N–H and O–H groups in total. The molecule has 3 rings (SSSR count). The van der Waals surface area contributed by atoms with Crippen molar-refractivity contribution in [1.82, 2.24) is 19.3 Å². The van der Waals surface area contributed by atoms with Gasteiger partial charge in [0.25, 0.3) is 0 Å². The zero-order valence-electron chi connectivity index (χ0n) is 13.4. The number of benzene rings is 1. The Morgan fingerprint density at radius 1 is 1.25 bits per heavy atom. The van der Waals surface area contributed by atoms with Crippen LogP contribution in [-0.4, -0.2) is 30.1 Å². The van der Waals surface area contributed by atoms with Crippen molar-refractivity contribution in [3.8, 4) is 5.75 Å². The first-order valence-corrected chi connectivity index (χ1v) is 8.97. The lowest BCUT2D eigenvalue weighted by molar-refractivity contribution is 0.413. The molecular formula is C16H18N4O3S. The van der Waals surface area contributed by atoms with E-state index in [0.717, 1.165) is 11.2 Å². The van der Waals surface area contributed by atoms with E-state index in [2.05, 4.69) is 14.7 Å². The summed E-state index contributed by atoms with van der Waals surface area (Å²) in [5.41, 5.74) is 1.49. The highest BCUT2D eigenvalue weighted by atomic mass is 32.2. The van der Waals surface area contributed by atoms with Crippen molar-refractivity contribution in [2.75, 3.05) is 7.11 Å². The Balaban J connectivity index is 1.87. The zero-order valence-corrected chi connectivity index (χ0v) is 14.2. The number of pyridine rings is 1. The highest BCUT2D eigenvalue weighted by Crippen LogP contribution is 2.18. The van der Waals surface area contributed by atoms with Crippen LogP contribution in [0.15, 0.2) is 47.5 Å². The number of hydrogen-bond acceptors (Lipinski definition) is 5. The highest BCUT2D eigenvalue weighted by molar-refractivity contribution is 7.89. The number of methoxy groups -OCH3 is 1. The lowest BCUT2D eigenvalue weighted by Crippen LogP contribution is -2.25. The number of sulfonamides is 1. The van der Waals surface area contributed by atoms with Crippen molar-refractivity contribution < 1.29 is 13.2 Å². The van der Waals surface area contributed by atoms with Crippen LogP contribution in [0.4, 0.5) is 0 Å². The van der Waals surface area contributed by atoms with Gasteiger partial charge < -0.3 is 9.30 Å². The fourth-order valence-electron chi connectivity index (χ4n) is 2.48. The summed E-state index contributed by atoms with van der Waals surface area (Å²) in [5.74, 6) is 1.11. The van der Waals surface area contributed by atoms with E-state index in [1.54, 1.807) is 24.4 Å². The number of fused-ring (bicyclic) bond motifs is 1. The second-order valence-corrected chi connectivity index (χ2v) is 6.89. The summed E-state index contributed by atoms with van der Waals surface area (Å²) in [7, 11) is -2.16. The van der Waals surface area contributed by atoms with Crippen LogP contribution in [0, 0.1) is 0 Å². The average Bonchev–Trinajstić information content (AvgIpc) is 2.97. The number of nitrogens with one attached hydrogen (secondary N) is 1. The molecule has 0 unspecified atom stereocenters. The van der Waals surface area contributed by atoms with Crippen LogP contribution >= 0.6 is 0 Å². The first-order chi connectivity index (χ1) is 11.5. The number of hydrogen-bond donors (Lipinski definition) is 1. The summed E-state index contributed by atoms with van der Waals surface area (Å²) in [6.07, 6.45) is 1.69. The molecule has 0 bridgehead atoms. The number of rotatable bonds is 6. The third-order valence-corrected chi connectivity index (χ3v) is 5.07. The normalized spacial score (nSPS) is 11.8. The van der Waals surface area contributed by atoms with Gasteiger partial charge in [-0.2, -0.15) is 0 Å². The number of ether oxygens (including phenoxy) is 1. The second-order valence-electron chi connectivity index (χ2n) is 5.12. The van der Waals surface area contributed by atoms with E-state index in [1.807, 2.05) is 17.6 Å². The van der Waals surface area contributed by atoms with E-state index in [-0.39, 0.29) is 11.4 Å². The van der Waals surface area contributed by atoms with Gasteiger partial charge in [0, 0.05) is 18.8 Å². The Labute approximate surface area is 140 Å². The van der Waals surface area contributed by atoms with Crippen LogP contribution in [0.1, 0.15) is 12.7 Å². The van der Waals surface area contributed by atoms with Crippen molar-refractivity contribution in [3.63, 3.8) is 0 Å². The molecule has 0 amide bonds. The maximum atomic E-state index is 12.5. The Morgan fingerprint density at radius 3 is 2.83 bits per heavy atom. The first kappa shape index (κ1) is 16.4. The van der Waals surface area contributed by atoms with Crippen molar-refractivity contribution in [2.24, 2.45) is 0 Å². The maximum Gasteiger partial charge on any atom is 0.241 e. The molecule has 24 heavy (non-hydrogen) atoms. The molecule has 2 heterocycles. The van der Waals surface area contributed by atoms with Gasteiger partial charge in [0.1, 0.15) is 17.1 Å². The van der Waals surface area contributed by atoms with E-state index in [9.17, 15) is 8.42 Å². The fraction of sp³-hybridized carbons (Fsp3) is 0.250. The quantitative estimate of drug-likeness (QED) is 0.737. The molecule has 0 radical (unpaired) electrons. The van der Waals surface area contributed by atoms with Crippen LogP contribution in [0.25, 0.3) is 11.2 Å². The molecule has 2 aromatic heterocycles. The molecule has 0 spiro atoms. The predicted octanol–water partition coefficient (Wildman–Crippen LogP) is 1.94. The van der Waals surface area contributed by atoms with E-state index in [0.29, 0.717) is 18.1 Å². The molecule has 8 heteroatoms. The predicted molar refractivity (Wildman–Crippen MR) is 90.2 cm³/mol. The molecule has 0 saturated heterocycles. The zero-order chi connectivity index (χ0) is 17.2. The van der Waals surface area contributed by atoms with Crippen LogP contribution in [0.3, 0.4) is 0 Å². The molecule has 0 aliphatic carbocycles. The minimum atomic E-state index is -3.66. The van der Waals surface area contributed by atoms with Gasteiger partial charge in [-0.25, -0.2) is 23.1 Å². The first-order valence-electron chi connectivity index (χ1n) is 7.49. The van der Waals surface area contributed by atoms with E-state index in [4.69, 9.17) is 4.74 Å².